The lowest BCUT2D eigenvalue weighted by Crippen LogP contribution is -2.17. The van der Waals surface area contributed by atoms with E-state index < -0.39 is 12.7 Å². The molecular formula is C10H12FNO2. The van der Waals surface area contributed by atoms with Crippen molar-refractivity contribution in [2.45, 2.75) is 6.04 Å². The van der Waals surface area contributed by atoms with Crippen molar-refractivity contribution in [2.24, 2.45) is 5.73 Å². The molecule has 0 saturated heterocycles. The van der Waals surface area contributed by atoms with E-state index in [1.165, 1.54) is 0 Å². The Kier molecular flexibility index (Phi) is 2.54. The summed E-state index contributed by atoms with van der Waals surface area (Å²) in [4.78, 5) is 0. The summed E-state index contributed by atoms with van der Waals surface area (Å²) < 4.78 is 23.0. The number of rotatable bonds is 2. The maximum absolute atomic E-state index is 12.3. The molecule has 2 N–H and O–H groups in total. The van der Waals surface area contributed by atoms with Gasteiger partial charge < -0.3 is 15.2 Å². The molecule has 2 rings (SSSR count). The van der Waals surface area contributed by atoms with Crippen molar-refractivity contribution in [2.75, 3.05) is 19.9 Å². The third-order valence-electron chi connectivity index (χ3n) is 2.16. The molecule has 1 aliphatic heterocycles. The highest BCUT2D eigenvalue weighted by Crippen LogP contribution is 2.32. The molecule has 1 atom stereocenters. The van der Waals surface area contributed by atoms with Crippen molar-refractivity contribution in [3.8, 4) is 11.5 Å². The van der Waals surface area contributed by atoms with Crippen LogP contribution < -0.4 is 15.2 Å². The molecule has 1 heterocycles. The van der Waals surface area contributed by atoms with Gasteiger partial charge in [-0.05, 0) is 17.7 Å². The largest absolute Gasteiger partial charge is 0.486 e. The molecule has 1 aromatic rings. The van der Waals surface area contributed by atoms with Crippen LogP contribution in [0.5, 0.6) is 11.5 Å². The lowest BCUT2D eigenvalue weighted by atomic mass is 10.1. The van der Waals surface area contributed by atoms with Crippen LogP contribution in [0.1, 0.15) is 11.6 Å². The second kappa shape index (κ2) is 3.84. The smallest absolute Gasteiger partial charge is 0.161 e. The molecule has 1 unspecified atom stereocenters. The summed E-state index contributed by atoms with van der Waals surface area (Å²) in [5.41, 5.74) is 6.29. The van der Waals surface area contributed by atoms with Gasteiger partial charge in [0.2, 0.25) is 0 Å². The van der Waals surface area contributed by atoms with Gasteiger partial charge in [-0.1, -0.05) is 6.07 Å². The zero-order chi connectivity index (χ0) is 9.97. The Morgan fingerprint density at radius 1 is 1.29 bits per heavy atom. The van der Waals surface area contributed by atoms with E-state index in [1.807, 2.05) is 0 Å². The molecule has 4 heteroatoms. The number of nitrogens with two attached hydrogens (primary N) is 1. The molecule has 0 amide bonds. The zero-order valence-electron chi connectivity index (χ0n) is 7.70. The topological polar surface area (TPSA) is 44.5 Å². The van der Waals surface area contributed by atoms with E-state index in [-0.39, 0.29) is 0 Å². The van der Waals surface area contributed by atoms with Gasteiger partial charge in [0.05, 0.1) is 6.04 Å². The van der Waals surface area contributed by atoms with Crippen LogP contribution in [0.2, 0.25) is 0 Å². The molecule has 0 aliphatic carbocycles. The molecule has 76 valence electrons. The van der Waals surface area contributed by atoms with Gasteiger partial charge in [-0.25, -0.2) is 4.39 Å². The van der Waals surface area contributed by atoms with Crippen molar-refractivity contribution in [1.82, 2.24) is 0 Å². The number of benzene rings is 1. The quantitative estimate of drug-likeness (QED) is 0.780. The van der Waals surface area contributed by atoms with Crippen LogP contribution in [-0.2, 0) is 0 Å². The standard InChI is InChI=1S/C10H12FNO2/c11-6-8(12)7-1-2-9-10(5-7)14-4-3-13-9/h1-2,5,8H,3-4,6,12H2. The normalized spacial score (nSPS) is 16.4. The predicted octanol–water partition coefficient (Wildman–Crippen LogP) is 1.43. The van der Waals surface area contributed by atoms with Crippen molar-refractivity contribution in [1.29, 1.82) is 0 Å². The maximum atomic E-state index is 12.3. The Labute approximate surface area is 81.6 Å². The second-order valence-corrected chi connectivity index (χ2v) is 3.16. The van der Waals surface area contributed by atoms with Crippen molar-refractivity contribution in [3.05, 3.63) is 23.8 Å². The number of hydrogen-bond donors (Lipinski definition) is 1. The molecule has 1 aromatic carbocycles. The van der Waals surface area contributed by atoms with Crippen LogP contribution in [0.15, 0.2) is 18.2 Å². The maximum Gasteiger partial charge on any atom is 0.161 e. The van der Waals surface area contributed by atoms with Gasteiger partial charge in [0.25, 0.3) is 0 Å². The molecule has 0 fully saturated rings. The first-order chi connectivity index (χ1) is 6.81. The van der Waals surface area contributed by atoms with Gasteiger partial charge in [-0.2, -0.15) is 0 Å². The van der Waals surface area contributed by atoms with Crippen molar-refractivity contribution in [3.63, 3.8) is 0 Å². The first-order valence-corrected chi connectivity index (χ1v) is 4.52. The highest BCUT2D eigenvalue weighted by Gasteiger charge is 2.14. The summed E-state index contributed by atoms with van der Waals surface area (Å²) in [5.74, 6) is 1.35. The van der Waals surface area contributed by atoms with E-state index in [4.69, 9.17) is 15.2 Å². The minimum atomic E-state index is -0.578. The predicted molar refractivity (Wildman–Crippen MR) is 50.3 cm³/mol. The van der Waals surface area contributed by atoms with Crippen LogP contribution in [0.3, 0.4) is 0 Å². The Balaban J connectivity index is 2.29. The number of alkyl halides is 1. The monoisotopic (exact) mass is 197 g/mol. The highest BCUT2D eigenvalue weighted by molar-refractivity contribution is 5.44. The first kappa shape index (κ1) is 9.27. The molecule has 3 nitrogen and oxygen atoms in total. The van der Waals surface area contributed by atoms with E-state index in [2.05, 4.69) is 0 Å². The van der Waals surface area contributed by atoms with Crippen LogP contribution in [0.25, 0.3) is 0 Å². The summed E-state index contributed by atoms with van der Waals surface area (Å²) >= 11 is 0. The van der Waals surface area contributed by atoms with Crippen molar-refractivity contribution >= 4 is 0 Å². The van der Waals surface area contributed by atoms with E-state index in [1.54, 1.807) is 18.2 Å². The molecule has 1 aliphatic rings. The Morgan fingerprint density at radius 3 is 2.71 bits per heavy atom. The fourth-order valence-corrected chi connectivity index (χ4v) is 1.38. The average Bonchev–Trinajstić information content (AvgIpc) is 2.27. The van der Waals surface area contributed by atoms with Crippen LogP contribution in [0.4, 0.5) is 4.39 Å². The van der Waals surface area contributed by atoms with Gasteiger partial charge in [0.15, 0.2) is 11.5 Å². The molecule has 14 heavy (non-hydrogen) atoms. The minimum absolute atomic E-state index is 0.529. The minimum Gasteiger partial charge on any atom is -0.486 e. The van der Waals surface area contributed by atoms with Crippen LogP contribution in [0, 0.1) is 0 Å². The molecular weight excluding hydrogens is 185 g/mol. The SMILES string of the molecule is NC(CF)c1ccc2c(c1)OCCO2. The fraction of sp³-hybridized carbons (Fsp3) is 0.400. The summed E-state index contributed by atoms with van der Waals surface area (Å²) in [7, 11) is 0. The molecule has 0 bridgehead atoms. The van der Waals surface area contributed by atoms with Gasteiger partial charge in [0.1, 0.15) is 19.9 Å². The summed E-state index contributed by atoms with van der Waals surface area (Å²) in [6.07, 6.45) is 0. The molecule has 0 radical (unpaired) electrons. The van der Waals surface area contributed by atoms with E-state index in [0.29, 0.717) is 24.7 Å². The number of fused-ring (bicyclic) bond motifs is 1. The Hall–Kier alpha value is -1.29. The van der Waals surface area contributed by atoms with Gasteiger partial charge in [-0.3, -0.25) is 0 Å². The third kappa shape index (κ3) is 1.65. The third-order valence-corrected chi connectivity index (χ3v) is 2.16. The molecule has 0 spiro atoms. The summed E-state index contributed by atoms with van der Waals surface area (Å²) in [6, 6.07) is 4.68. The lowest BCUT2D eigenvalue weighted by molar-refractivity contribution is 0.171. The average molecular weight is 197 g/mol. The summed E-state index contributed by atoms with van der Waals surface area (Å²) in [5, 5.41) is 0. The van der Waals surface area contributed by atoms with Gasteiger partial charge in [-0.15, -0.1) is 0 Å². The Bertz CT molecular complexity index is 330. The summed E-state index contributed by atoms with van der Waals surface area (Å²) in [6.45, 7) is 0.516. The second-order valence-electron chi connectivity index (χ2n) is 3.16. The Morgan fingerprint density at radius 2 is 2.00 bits per heavy atom. The molecule has 0 saturated carbocycles. The van der Waals surface area contributed by atoms with Crippen LogP contribution >= 0.6 is 0 Å². The van der Waals surface area contributed by atoms with E-state index >= 15 is 0 Å². The number of ether oxygens (including phenoxy) is 2. The number of halogens is 1. The fourth-order valence-electron chi connectivity index (χ4n) is 1.38. The lowest BCUT2D eigenvalue weighted by Gasteiger charge is -2.19. The van der Waals surface area contributed by atoms with Gasteiger partial charge >= 0.3 is 0 Å². The van der Waals surface area contributed by atoms with E-state index in [9.17, 15) is 4.39 Å². The van der Waals surface area contributed by atoms with Gasteiger partial charge in [0, 0.05) is 0 Å². The molecule has 0 aromatic heterocycles. The first-order valence-electron chi connectivity index (χ1n) is 4.52. The van der Waals surface area contributed by atoms with Crippen LogP contribution in [-0.4, -0.2) is 19.9 Å². The zero-order valence-corrected chi connectivity index (χ0v) is 7.70. The van der Waals surface area contributed by atoms with E-state index in [0.717, 1.165) is 5.56 Å². The highest BCUT2D eigenvalue weighted by atomic mass is 19.1. The van der Waals surface area contributed by atoms with Crippen molar-refractivity contribution < 1.29 is 13.9 Å². The number of hydrogen-bond acceptors (Lipinski definition) is 3.